The quantitative estimate of drug-likeness (QED) is 0.887. The second-order valence-corrected chi connectivity index (χ2v) is 5.97. The van der Waals surface area contributed by atoms with Gasteiger partial charge >= 0.3 is 0 Å². The van der Waals surface area contributed by atoms with Gasteiger partial charge in [0, 0.05) is 6.42 Å². The van der Waals surface area contributed by atoms with Crippen LogP contribution < -0.4 is 14.8 Å². The van der Waals surface area contributed by atoms with Gasteiger partial charge in [-0.05, 0) is 36.1 Å². The summed E-state index contributed by atoms with van der Waals surface area (Å²) in [6, 6.07) is 16.0. The van der Waals surface area contributed by atoms with E-state index in [9.17, 15) is 4.79 Å². The molecule has 2 aromatic carbocycles. The zero-order valence-electron chi connectivity index (χ0n) is 14.0. The summed E-state index contributed by atoms with van der Waals surface area (Å²) in [5, 5.41) is 2.93. The number of aryl methyl sites for hydroxylation is 2. The normalized spacial score (nSPS) is 15.8. The Balaban J connectivity index is 1.41. The van der Waals surface area contributed by atoms with Gasteiger partial charge in [0.1, 0.15) is 12.7 Å². The van der Waals surface area contributed by atoms with Crippen LogP contribution in [0.2, 0.25) is 0 Å². The molecule has 1 heterocycles. The maximum Gasteiger partial charge on any atom is 0.220 e. The molecule has 1 aliphatic rings. The van der Waals surface area contributed by atoms with Gasteiger partial charge in [-0.2, -0.15) is 0 Å². The van der Waals surface area contributed by atoms with Crippen molar-refractivity contribution in [2.45, 2.75) is 32.3 Å². The van der Waals surface area contributed by atoms with Crippen LogP contribution in [0.4, 0.5) is 0 Å². The molecule has 0 unspecified atom stereocenters. The van der Waals surface area contributed by atoms with E-state index >= 15 is 0 Å². The van der Waals surface area contributed by atoms with Gasteiger partial charge in [0.05, 0.1) is 6.54 Å². The summed E-state index contributed by atoms with van der Waals surface area (Å²) in [6.07, 6.45) is 2.12. The zero-order valence-corrected chi connectivity index (χ0v) is 14.0. The summed E-state index contributed by atoms with van der Waals surface area (Å²) in [7, 11) is 0. The van der Waals surface area contributed by atoms with Gasteiger partial charge in [-0.1, -0.05) is 43.3 Å². The molecule has 0 saturated heterocycles. The number of carbonyl (C=O) groups excluding carboxylic acids is 1. The Kier molecular flexibility index (Phi) is 5.36. The molecule has 1 atom stereocenters. The Hall–Kier alpha value is -2.49. The van der Waals surface area contributed by atoms with Gasteiger partial charge < -0.3 is 14.8 Å². The van der Waals surface area contributed by atoms with Crippen LogP contribution in [0.5, 0.6) is 11.5 Å². The van der Waals surface area contributed by atoms with E-state index in [1.54, 1.807) is 0 Å². The van der Waals surface area contributed by atoms with Crippen molar-refractivity contribution in [1.29, 1.82) is 0 Å². The highest BCUT2D eigenvalue weighted by Gasteiger charge is 2.20. The Labute approximate surface area is 142 Å². The maximum absolute atomic E-state index is 12.0. The molecular formula is C20H23NO3. The first-order valence-electron chi connectivity index (χ1n) is 8.47. The largest absolute Gasteiger partial charge is 0.486 e. The minimum absolute atomic E-state index is 0.0389. The molecule has 1 amide bonds. The van der Waals surface area contributed by atoms with Crippen LogP contribution in [-0.2, 0) is 17.6 Å². The van der Waals surface area contributed by atoms with Crippen molar-refractivity contribution in [2.75, 3.05) is 13.2 Å². The van der Waals surface area contributed by atoms with E-state index < -0.39 is 0 Å². The van der Waals surface area contributed by atoms with Crippen LogP contribution in [0.15, 0.2) is 48.5 Å². The van der Waals surface area contributed by atoms with Crippen molar-refractivity contribution in [3.05, 3.63) is 59.7 Å². The monoisotopic (exact) mass is 325 g/mol. The fraction of sp³-hybridized carbons (Fsp3) is 0.350. The van der Waals surface area contributed by atoms with Gasteiger partial charge in [-0.15, -0.1) is 0 Å². The summed E-state index contributed by atoms with van der Waals surface area (Å²) in [5.41, 5.74) is 2.51. The summed E-state index contributed by atoms with van der Waals surface area (Å²) < 4.78 is 11.5. The minimum atomic E-state index is -0.146. The van der Waals surface area contributed by atoms with Gasteiger partial charge in [0.25, 0.3) is 0 Å². The predicted molar refractivity (Wildman–Crippen MR) is 93.5 cm³/mol. The third-order valence-corrected chi connectivity index (χ3v) is 4.17. The highest BCUT2D eigenvalue weighted by atomic mass is 16.6. The lowest BCUT2D eigenvalue weighted by Crippen LogP contribution is -2.40. The molecule has 126 valence electrons. The number of nitrogens with one attached hydrogen (secondary N) is 1. The molecule has 3 rings (SSSR count). The van der Waals surface area contributed by atoms with Crippen LogP contribution >= 0.6 is 0 Å². The van der Waals surface area contributed by atoms with Crippen molar-refractivity contribution in [1.82, 2.24) is 5.32 Å². The van der Waals surface area contributed by atoms with Crippen LogP contribution in [0.3, 0.4) is 0 Å². The van der Waals surface area contributed by atoms with E-state index in [2.05, 4.69) is 36.5 Å². The van der Waals surface area contributed by atoms with Gasteiger partial charge in [-0.25, -0.2) is 0 Å². The van der Waals surface area contributed by atoms with Crippen molar-refractivity contribution in [3.8, 4) is 11.5 Å². The van der Waals surface area contributed by atoms with Crippen molar-refractivity contribution in [3.63, 3.8) is 0 Å². The van der Waals surface area contributed by atoms with E-state index in [1.807, 2.05) is 24.3 Å². The molecule has 0 aromatic heterocycles. The SMILES string of the molecule is CCc1ccc(CCC(=O)NC[C@@H]2COc3ccccc3O2)cc1. The summed E-state index contributed by atoms with van der Waals surface area (Å²) in [4.78, 5) is 12.0. The molecule has 24 heavy (non-hydrogen) atoms. The van der Waals surface area contributed by atoms with E-state index in [0.717, 1.165) is 24.3 Å². The number of fused-ring (bicyclic) bond motifs is 1. The fourth-order valence-electron chi connectivity index (χ4n) is 2.68. The molecule has 0 aliphatic carbocycles. The molecule has 1 N–H and O–H groups in total. The molecule has 0 saturated carbocycles. The molecule has 2 aromatic rings. The number of para-hydroxylation sites is 2. The molecule has 4 heteroatoms. The molecule has 0 spiro atoms. The van der Waals surface area contributed by atoms with Crippen LogP contribution in [0, 0.1) is 0 Å². The number of benzene rings is 2. The number of hydrogen-bond donors (Lipinski definition) is 1. The smallest absolute Gasteiger partial charge is 0.220 e. The number of ether oxygens (including phenoxy) is 2. The number of carbonyl (C=O) groups is 1. The van der Waals surface area contributed by atoms with E-state index in [4.69, 9.17) is 9.47 Å². The van der Waals surface area contributed by atoms with Gasteiger partial charge in [-0.3, -0.25) is 4.79 Å². The Morgan fingerprint density at radius 1 is 1.08 bits per heavy atom. The lowest BCUT2D eigenvalue weighted by molar-refractivity contribution is -0.121. The third-order valence-electron chi connectivity index (χ3n) is 4.17. The molecule has 4 nitrogen and oxygen atoms in total. The Bertz CT molecular complexity index is 682. The van der Waals surface area contributed by atoms with Crippen molar-refractivity contribution < 1.29 is 14.3 Å². The number of rotatable bonds is 6. The van der Waals surface area contributed by atoms with E-state index in [-0.39, 0.29) is 12.0 Å². The zero-order chi connectivity index (χ0) is 16.8. The topological polar surface area (TPSA) is 47.6 Å². The second-order valence-electron chi connectivity index (χ2n) is 5.97. The lowest BCUT2D eigenvalue weighted by atomic mass is 10.1. The Morgan fingerprint density at radius 2 is 1.79 bits per heavy atom. The average Bonchev–Trinajstić information content (AvgIpc) is 2.65. The van der Waals surface area contributed by atoms with Crippen LogP contribution in [0.25, 0.3) is 0 Å². The summed E-state index contributed by atoms with van der Waals surface area (Å²) in [5.74, 6) is 1.53. The lowest BCUT2D eigenvalue weighted by Gasteiger charge is -2.26. The second kappa shape index (κ2) is 7.86. The highest BCUT2D eigenvalue weighted by molar-refractivity contribution is 5.76. The molecule has 0 fully saturated rings. The number of amides is 1. The maximum atomic E-state index is 12.0. The summed E-state index contributed by atoms with van der Waals surface area (Å²) in [6.45, 7) is 3.05. The first-order valence-corrected chi connectivity index (χ1v) is 8.47. The standard InChI is InChI=1S/C20H23NO3/c1-2-15-7-9-16(10-8-15)11-12-20(22)21-13-17-14-23-18-5-3-4-6-19(18)24-17/h3-10,17H,2,11-14H2,1H3,(H,21,22)/t17-/m1/s1. The van der Waals surface area contributed by atoms with Gasteiger partial charge in [0.15, 0.2) is 11.5 Å². The predicted octanol–water partition coefficient (Wildman–Crippen LogP) is 3.14. The Morgan fingerprint density at radius 3 is 2.54 bits per heavy atom. The molecular weight excluding hydrogens is 302 g/mol. The van der Waals surface area contributed by atoms with Crippen LogP contribution in [-0.4, -0.2) is 25.2 Å². The van der Waals surface area contributed by atoms with Crippen LogP contribution in [0.1, 0.15) is 24.5 Å². The average molecular weight is 325 g/mol. The first-order chi connectivity index (χ1) is 11.7. The minimum Gasteiger partial charge on any atom is -0.486 e. The van der Waals surface area contributed by atoms with Crippen molar-refractivity contribution >= 4 is 5.91 Å². The highest BCUT2D eigenvalue weighted by Crippen LogP contribution is 2.30. The summed E-state index contributed by atoms with van der Waals surface area (Å²) >= 11 is 0. The molecule has 0 radical (unpaired) electrons. The first kappa shape index (κ1) is 16.4. The molecule has 0 bridgehead atoms. The van der Waals surface area contributed by atoms with Crippen molar-refractivity contribution in [2.24, 2.45) is 0 Å². The number of hydrogen-bond acceptors (Lipinski definition) is 3. The third kappa shape index (κ3) is 4.28. The van der Waals surface area contributed by atoms with Gasteiger partial charge in [0.2, 0.25) is 5.91 Å². The molecule has 1 aliphatic heterocycles. The fourth-order valence-corrected chi connectivity index (χ4v) is 2.68. The van der Waals surface area contributed by atoms with E-state index in [1.165, 1.54) is 11.1 Å². The van der Waals surface area contributed by atoms with E-state index in [0.29, 0.717) is 19.6 Å².